The quantitative estimate of drug-likeness (QED) is 0.177. The van der Waals surface area contributed by atoms with Crippen LogP contribution in [0.25, 0.3) is 10.4 Å². The number of cyclic esters (lactones) is 2. The van der Waals surface area contributed by atoms with Gasteiger partial charge in [-0.25, -0.2) is 14.4 Å². The summed E-state index contributed by atoms with van der Waals surface area (Å²) in [6, 6.07) is -2.69. The average molecular weight is 483 g/mol. The highest BCUT2D eigenvalue weighted by atomic mass is 16.8. The summed E-state index contributed by atoms with van der Waals surface area (Å²) in [6.45, 7) is 8.12. The molecular weight excluding hydrogens is 454 g/mol. The third-order valence-electron chi connectivity index (χ3n) is 5.11. The molecule has 1 N–H and O–H groups in total. The number of azide groups is 1. The van der Waals surface area contributed by atoms with E-state index < -0.39 is 54.5 Å². The molecule has 14 heteroatoms. The Morgan fingerprint density at radius 3 is 2.35 bits per heavy atom. The molecule has 0 aromatic heterocycles. The Labute approximate surface area is 196 Å². The van der Waals surface area contributed by atoms with E-state index in [2.05, 4.69) is 15.3 Å². The van der Waals surface area contributed by atoms with Crippen molar-refractivity contribution in [1.29, 1.82) is 0 Å². The first kappa shape index (κ1) is 26.6. The standard InChI is InChI=1S/C20H29N5O9/c1-9(2)25(10(3)4)19(28)34-16(14-8-31-20(29)33-14)17-15(22-11(5)26)12(23-24-21)7-13(32-17)18(27)30-6/h7,9-10,12,14-17H,8H2,1-6H3,(H,22,26)/t12-,14+,15+,16+,17+/m0/s1. The van der Waals surface area contributed by atoms with Gasteiger partial charge < -0.3 is 33.9 Å². The van der Waals surface area contributed by atoms with Crippen LogP contribution in [0.3, 0.4) is 0 Å². The van der Waals surface area contributed by atoms with E-state index >= 15 is 0 Å². The molecule has 1 saturated heterocycles. The van der Waals surface area contributed by atoms with Crippen molar-refractivity contribution in [3.05, 3.63) is 22.3 Å². The van der Waals surface area contributed by atoms with E-state index in [9.17, 15) is 19.2 Å². The molecule has 2 amide bonds. The number of hydrogen-bond acceptors (Lipinski definition) is 10. The first-order valence-electron chi connectivity index (χ1n) is 10.6. The lowest BCUT2D eigenvalue weighted by molar-refractivity contribution is -0.147. The molecule has 0 aliphatic carbocycles. The van der Waals surface area contributed by atoms with Gasteiger partial charge in [0.15, 0.2) is 18.3 Å². The summed E-state index contributed by atoms with van der Waals surface area (Å²) in [7, 11) is 1.12. The normalized spacial score (nSPS) is 24.6. The molecule has 0 bridgehead atoms. The van der Waals surface area contributed by atoms with Crippen LogP contribution in [0.4, 0.5) is 9.59 Å². The van der Waals surface area contributed by atoms with Gasteiger partial charge in [-0.2, -0.15) is 0 Å². The molecule has 14 nitrogen and oxygen atoms in total. The molecule has 2 aliphatic heterocycles. The summed E-state index contributed by atoms with van der Waals surface area (Å²) >= 11 is 0. The van der Waals surface area contributed by atoms with Crippen molar-refractivity contribution in [1.82, 2.24) is 10.2 Å². The predicted molar refractivity (Wildman–Crippen MR) is 114 cm³/mol. The van der Waals surface area contributed by atoms with Crippen LogP contribution in [0.15, 0.2) is 16.9 Å². The highest BCUT2D eigenvalue weighted by Gasteiger charge is 2.50. The van der Waals surface area contributed by atoms with E-state index in [1.807, 2.05) is 0 Å². The third-order valence-corrected chi connectivity index (χ3v) is 5.11. The van der Waals surface area contributed by atoms with Gasteiger partial charge in [0, 0.05) is 23.9 Å². The number of ether oxygens (including phenoxy) is 5. The lowest BCUT2D eigenvalue weighted by Crippen LogP contribution is -2.61. The van der Waals surface area contributed by atoms with Crippen LogP contribution in [-0.4, -0.2) is 85.2 Å². The number of methoxy groups -OCH3 is 1. The van der Waals surface area contributed by atoms with Gasteiger partial charge in [0.25, 0.3) is 0 Å². The molecule has 0 aromatic rings. The zero-order chi connectivity index (χ0) is 25.6. The van der Waals surface area contributed by atoms with E-state index in [0.29, 0.717) is 0 Å². The Morgan fingerprint density at radius 1 is 1.24 bits per heavy atom. The first-order chi connectivity index (χ1) is 16.0. The van der Waals surface area contributed by atoms with Crippen LogP contribution in [-0.2, 0) is 33.3 Å². The summed E-state index contributed by atoms with van der Waals surface area (Å²) in [5.41, 5.74) is 9.04. The number of esters is 1. The second-order valence-electron chi connectivity index (χ2n) is 8.19. The van der Waals surface area contributed by atoms with Crippen molar-refractivity contribution in [2.45, 2.75) is 77.1 Å². The molecule has 2 aliphatic rings. The van der Waals surface area contributed by atoms with E-state index in [4.69, 9.17) is 29.2 Å². The molecule has 188 valence electrons. The van der Waals surface area contributed by atoms with Crippen molar-refractivity contribution in [2.24, 2.45) is 5.11 Å². The minimum atomic E-state index is -1.36. The molecule has 0 spiro atoms. The molecule has 5 atom stereocenters. The van der Waals surface area contributed by atoms with Crippen LogP contribution in [0, 0.1) is 0 Å². The highest BCUT2D eigenvalue weighted by molar-refractivity contribution is 5.86. The molecule has 2 heterocycles. The van der Waals surface area contributed by atoms with Gasteiger partial charge in [-0.15, -0.1) is 0 Å². The number of carbonyl (C=O) groups is 4. The van der Waals surface area contributed by atoms with Crippen LogP contribution in [0.1, 0.15) is 34.6 Å². The first-order valence-corrected chi connectivity index (χ1v) is 10.6. The maximum Gasteiger partial charge on any atom is 0.508 e. The zero-order valence-corrected chi connectivity index (χ0v) is 19.8. The van der Waals surface area contributed by atoms with Gasteiger partial charge in [-0.05, 0) is 39.3 Å². The smallest absolute Gasteiger partial charge is 0.477 e. The summed E-state index contributed by atoms with van der Waals surface area (Å²) in [4.78, 5) is 53.2. The van der Waals surface area contributed by atoms with Crippen molar-refractivity contribution < 1.29 is 42.9 Å². The summed E-state index contributed by atoms with van der Waals surface area (Å²) in [5, 5.41) is 6.24. The Kier molecular flexibility index (Phi) is 8.96. The summed E-state index contributed by atoms with van der Waals surface area (Å²) in [5.74, 6) is -1.73. The molecule has 0 aromatic carbocycles. The highest BCUT2D eigenvalue weighted by Crippen LogP contribution is 2.30. The fourth-order valence-electron chi connectivity index (χ4n) is 3.82. The van der Waals surface area contributed by atoms with Crippen LogP contribution in [0.2, 0.25) is 0 Å². The number of carbonyl (C=O) groups excluding carboxylic acids is 4. The Morgan fingerprint density at radius 2 is 1.88 bits per heavy atom. The lowest BCUT2D eigenvalue weighted by Gasteiger charge is -2.41. The predicted octanol–water partition coefficient (Wildman–Crippen LogP) is 1.79. The number of nitrogens with zero attached hydrogens (tertiary/aromatic N) is 4. The van der Waals surface area contributed by atoms with E-state index in [1.165, 1.54) is 17.9 Å². The van der Waals surface area contributed by atoms with Gasteiger partial charge in [0.2, 0.25) is 11.7 Å². The third kappa shape index (κ3) is 6.22. The van der Waals surface area contributed by atoms with E-state index in [1.54, 1.807) is 27.7 Å². The van der Waals surface area contributed by atoms with Gasteiger partial charge in [-0.3, -0.25) is 4.79 Å². The van der Waals surface area contributed by atoms with Crippen molar-refractivity contribution in [3.63, 3.8) is 0 Å². The average Bonchev–Trinajstić information content (AvgIpc) is 3.17. The molecule has 2 rings (SSSR count). The topological polar surface area (TPSA) is 178 Å². The Bertz CT molecular complexity index is 876. The van der Waals surface area contributed by atoms with E-state index in [-0.39, 0.29) is 24.4 Å². The fourth-order valence-corrected chi connectivity index (χ4v) is 3.82. The number of amides is 2. The number of hydrogen-bond donors (Lipinski definition) is 1. The van der Waals surface area contributed by atoms with Gasteiger partial charge in [0.05, 0.1) is 19.2 Å². The van der Waals surface area contributed by atoms with Gasteiger partial charge in [-0.1, -0.05) is 5.11 Å². The van der Waals surface area contributed by atoms with E-state index in [0.717, 1.165) is 7.11 Å². The Balaban J connectivity index is 2.54. The zero-order valence-electron chi connectivity index (χ0n) is 19.8. The monoisotopic (exact) mass is 483 g/mol. The largest absolute Gasteiger partial charge is 0.508 e. The second kappa shape index (κ2) is 11.5. The molecular formula is C20H29N5O9. The van der Waals surface area contributed by atoms with Crippen molar-refractivity contribution >= 4 is 24.1 Å². The van der Waals surface area contributed by atoms with Gasteiger partial charge >= 0.3 is 18.2 Å². The maximum absolute atomic E-state index is 13.1. The fraction of sp³-hybridized carbons (Fsp3) is 0.700. The van der Waals surface area contributed by atoms with Crippen LogP contribution in [0.5, 0.6) is 0 Å². The molecule has 0 radical (unpaired) electrons. The Hall–Kier alpha value is -3.67. The SMILES string of the molecule is COC(=O)C1=C[C@H](N=[N+]=[N-])[C@@H](NC(C)=O)[C@H]([C@H](OC(=O)N(C(C)C)C(C)C)[C@H]2COC(=O)O2)O1. The summed E-state index contributed by atoms with van der Waals surface area (Å²) in [6.07, 6.45) is -4.37. The maximum atomic E-state index is 13.1. The lowest BCUT2D eigenvalue weighted by atomic mass is 9.92. The number of rotatable bonds is 8. The molecule has 0 saturated carbocycles. The van der Waals surface area contributed by atoms with Crippen molar-refractivity contribution in [2.75, 3.05) is 13.7 Å². The minimum absolute atomic E-state index is 0.240. The second-order valence-corrected chi connectivity index (χ2v) is 8.19. The minimum Gasteiger partial charge on any atom is -0.477 e. The van der Waals surface area contributed by atoms with Crippen LogP contribution < -0.4 is 5.32 Å². The molecule has 0 unspecified atom stereocenters. The van der Waals surface area contributed by atoms with Gasteiger partial charge in [0.1, 0.15) is 6.61 Å². The van der Waals surface area contributed by atoms with Crippen molar-refractivity contribution in [3.8, 4) is 0 Å². The number of nitrogens with one attached hydrogen (secondary N) is 1. The summed E-state index contributed by atoms with van der Waals surface area (Å²) < 4.78 is 26.3. The molecule has 34 heavy (non-hydrogen) atoms. The molecule has 1 fully saturated rings. The van der Waals surface area contributed by atoms with Crippen LogP contribution >= 0.6 is 0 Å².